The van der Waals surface area contributed by atoms with Gasteiger partial charge in [0.05, 0.1) is 12.3 Å². The molecule has 0 heterocycles. The molecule has 0 saturated carbocycles. The van der Waals surface area contributed by atoms with Gasteiger partial charge in [0.1, 0.15) is 6.61 Å². The quantitative estimate of drug-likeness (QED) is 0.360. The number of rotatable bonds is 8. The van der Waals surface area contributed by atoms with Crippen LogP contribution in [0.1, 0.15) is 29.2 Å². The molecule has 0 atom stereocenters. The van der Waals surface area contributed by atoms with Gasteiger partial charge >= 0.3 is 0 Å². The van der Waals surface area contributed by atoms with Gasteiger partial charge in [-0.25, -0.2) is 0 Å². The van der Waals surface area contributed by atoms with E-state index in [1.54, 1.807) is 38.4 Å². The normalized spacial score (nSPS) is 12.1. The Morgan fingerprint density at radius 1 is 1.21 bits per heavy atom. The van der Waals surface area contributed by atoms with Gasteiger partial charge in [-0.1, -0.05) is 46.6 Å². The molecule has 5 nitrogen and oxygen atoms in total. The van der Waals surface area contributed by atoms with Gasteiger partial charge in [0.2, 0.25) is 0 Å². The van der Waals surface area contributed by atoms with Crippen LogP contribution in [0.3, 0.4) is 0 Å². The van der Waals surface area contributed by atoms with Crippen LogP contribution in [0.4, 0.5) is 0 Å². The maximum absolute atomic E-state index is 12.4. The van der Waals surface area contributed by atoms with Crippen LogP contribution in [0.2, 0.25) is 10.0 Å². The number of methoxy groups -OCH3 is 1. The minimum atomic E-state index is -0.192. The summed E-state index contributed by atoms with van der Waals surface area (Å²) in [6.07, 6.45) is 1.75. The standard InChI is InChI=1S/C22H24Cl2N2O3/c1-14-6-5-7-19(20(8-9-28-4)22(27)25-3)21(14)13-29-26-15(2)16-10-17(23)12-18(24)11-16/h5-8,10-12H,9,13H2,1-4H3,(H,25,27)/b20-8+,26-15+. The molecule has 0 aliphatic carbocycles. The maximum Gasteiger partial charge on any atom is 0.251 e. The number of aryl methyl sites for hydroxylation is 1. The largest absolute Gasteiger partial charge is 0.391 e. The smallest absolute Gasteiger partial charge is 0.251 e. The second-order valence-corrected chi connectivity index (χ2v) is 7.23. The highest BCUT2D eigenvalue weighted by molar-refractivity contribution is 6.35. The summed E-state index contributed by atoms with van der Waals surface area (Å²) in [7, 11) is 3.18. The molecule has 2 aromatic rings. The summed E-state index contributed by atoms with van der Waals surface area (Å²) in [6, 6.07) is 11.0. The lowest BCUT2D eigenvalue weighted by Gasteiger charge is -2.14. The first-order valence-corrected chi connectivity index (χ1v) is 9.76. The van der Waals surface area contributed by atoms with Crippen LogP contribution in [0.25, 0.3) is 5.57 Å². The molecule has 2 aromatic carbocycles. The van der Waals surface area contributed by atoms with E-state index in [9.17, 15) is 4.79 Å². The number of benzene rings is 2. The minimum absolute atomic E-state index is 0.192. The van der Waals surface area contributed by atoms with Crippen LogP contribution in [-0.4, -0.2) is 32.4 Å². The van der Waals surface area contributed by atoms with Crippen molar-refractivity contribution < 1.29 is 14.4 Å². The van der Waals surface area contributed by atoms with Crippen molar-refractivity contribution in [2.75, 3.05) is 20.8 Å². The molecule has 0 saturated heterocycles. The molecule has 0 bridgehead atoms. The van der Waals surface area contributed by atoms with Crippen molar-refractivity contribution in [1.82, 2.24) is 5.32 Å². The molecule has 0 radical (unpaired) electrons. The highest BCUT2D eigenvalue weighted by atomic mass is 35.5. The Balaban J connectivity index is 2.30. The maximum atomic E-state index is 12.4. The van der Waals surface area contributed by atoms with E-state index >= 15 is 0 Å². The van der Waals surface area contributed by atoms with E-state index < -0.39 is 0 Å². The highest BCUT2D eigenvalue weighted by Gasteiger charge is 2.16. The number of carbonyl (C=O) groups excluding carboxylic acids is 1. The van der Waals surface area contributed by atoms with Crippen molar-refractivity contribution in [1.29, 1.82) is 0 Å². The van der Waals surface area contributed by atoms with E-state index in [0.29, 0.717) is 27.9 Å². The van der Waals surface area contributed by atoms with Gasteiger partial charge in [-0.3, -0.25) is 4.79 Å². The molecule has 1 amide bonds. The summed E-state index contributed by atoms with van der Waals surface area (Å²) in [5.74, 6) is -0.192. The van der Waals surface area contributed by atoms with E-state index in [2.05, 4.69) is 10.5 Å². The van der Waals surface area contributed by atoms with Crippen molar-refractivity contribution in [3.8, 4) is 0 Å². The van der Waals surface area contributed by atoms with E-state index in [1.807, 2.05) is 32.0 Å². The molecule has 0 unspecified atom stereocenters. The van der Waals surface area contributed by atoms with Gasteiger partial charge in [0, 0.05) is 40.9 Å². The Kier molecular flexibility index (Phi) is 8.70. The Labute approximate surface area is 181 Å². The van der Waals surface area contributed by atoms with Gasteiger partial charge < -0.3 is 14.9 Å². The number of halogens is 2. The number of oxime groups is 1. The molecule has 0 fully saturated rings. The van der Waals surface area contributed by atoms with Gasteiger partial charge in [0.25, 0.3) is 5.91 Å². The van der Waals surface area contributed by atoms with Crippen LogP contribution in [0, 0.1) is 6.92 Å². The summed E-state index contributed by atoms with van der Waals surface area (Å²) in [5.41, 5.74) is 4.59. The third-order valence-corrected chi connectivity index (χ3v) is 4.75. The molecule has 7 heteroatoms. The van der Waals surface area contributed by atoms with Crippen LogP contribution in [-0.2, 0) is 21.0 Å². The molecule has 0 spiro atoms. The Morgan fingerprint density at radius 2 is 1.90 bits per heavy atom. The van der Waals surface area contributed by atoms with E-state index in [1.165, 1.54) is 0 Å². The monoisotopic (exact) mass is 434 g/mol. The highest BCUT2D eigenvalue weighted by Crippen LogP contribution is 2.24. The molecule has 2 rings (SSSR count). The van der Waals surface area contributed by atoms with Crippen LogP contribution >= 0.6 is 23.2 Å². The van der Waals surface area contributed by atoms with Gasteiger partial charge in [-0.2, -0.15) is 0 Å². The average Bonchev–Trinajstić information content (AvgIpc) is 2.68. The number of nitrogens with zero attached hydrogens (tertiary/aromatic N) is 1. The summed E-state index contributed by atoms with van der Waals surface area (Å²) < 4.78 is 5.11. The van der Waals surface area contributed by atoms with Gasteiger partial charge in [-0.15, -0.1) is 0 Å². The SMILES string of the molecule is CNC(=O)/C(=C/COC)c1cccc(C)c1CO/N=C(\C)c1cc(Cl)cc(Cl)c1. The molecule has 29 heavy (non-hydrogen) atoms. The number of nitrogens with one attached hydrogen (secondary N) is 1. The first-order valence-electron chi connectivity index (χ1n) is 9.00. The van der Waals surface area contributed by atoms with Crippen LogP contribution < -0.4 is 5.32 Å². The number of carbonyl (C=O) groups is 1. The lowest BCUT2D eigenvalue weighted by Crippen LogP contribution is -2.20. The number of hydrogen-bond donors (Lipinski definition) is 1. The number of ether oxygens (including phenoxy) is 1. The van der Waals surface area contributed by atoms with Crippen LogP contribution in [0.5, 0.6) is 0 Å². The summed E-state index contributed by atoms with van der Waals surface area (Å²) in [5, 5.41) is 7.92. The molecule has 0 aliphatic heterocycles. The minimum Gasteiger partial charge on any atom is -0.391 e. The fraction of sp³-hybridized carbons (Fsp3) is 0.273. The number of hydrogen-bond acceptors (Lipinski definition) is 4. The average molecular weight is 435 g/mol. The van der Waals surface area contributed by atoms with Gasteiger partial charge in [-0.05, 0) is 49.2 Å². The Morgan fingerprint density at radius 3 is 2.52 bits per heavy atom. The Hall–Kier alpha value is -2.34. The summed E-state index contributed by atoms with van der Waals surface area (Å²) in [6.45, 7) is 4.31. The van der Waals surface area contributed by atoms with Gasteiger partial charge in [0.15, 0.2) is 0 Å². The van der Waals surface area contributed by atoms with E-state index in [4.69, 9.17) is 32.8 Å². The fourth-order valence-electron chi connectivity index (χ4n) is 2.78. The summed E-state index contributed by atoms with van der Waals surface area (Å²) in [4.78, 5) is 18.0. The topological polar surface area (TPSA) is 59.9 Å². The molecular formula is C22H24Cl2N2O3. The predicted octanol–water partition coefficient (Wildman–Crippen LogP) is 5.02. The van der Waals surface area contributed by atoms with E-state index in [0.717, 1.165) is 22.3 Å². The number of likely N-dealkylation sites (N-methyl/N-ethyl adjacent to an activating group) is 1. The lowest BCUT2D eigenvalue weighted by molar-refractivity contribution is -0.115. The number of amides is 1. The van der Waals surface area contributed by atoms with E-state index in [-0.39, 0.29) is 12.5 Å². The van der Waals surface area contributed by atoms with Crippen molar-refractivity contribution >= 4 is 40.4 Å². The fourth-order valence-corrected chi connectivity index (χ4v) is 3.31. The third kappa shape index (κ3) is 6.32. The zero-order valence-electron chi connectivity index (χ0n) is 16.9. The summed E-state index contributed by atoms with van der Waals surface area (Å²) >= 11 is 12.1. The predicted molar refractivity (Wildman–Crippen MR) is 119 cm³/mol. The van der Waals surface area contributed by atoms with Crippen molar-refractivity contribution in [2.45, 2.75) is 20.5 Å². The zero-order chi connectivity index (χ0) is 21.4. The van der Waals surface area contributed by atoms with Crippen molar-refractivity contribution in [3.63, 3.8) is 0 Å². The molecule has 0 aliphatic rings. The first-order chi connectivity index (χ1) is 13.9. The molecule has 0 aromatic heterocycles. The third-order valence-electron chi connectivity index (χ3n) is 4.32. The second-order valence-electron chi connectivity index (χ2n) is 6.36. The van der Waals surface area contributed by atoms with Crippen molar-refractivity contribution in [3.05, 3.63) is 74.8 Å². The van der Waals surface area contributed by atoms with Crippen molar-refractivity contribution in [2.24, 2.45) is 5.16 Å². The van der Waals surface area contributed by atoms with Crippen LogP contribution in [0.15, 0.2) is 47.6 Å². The Bertz CT molecular complexity index is 919. The first kappa shape index (κ1) is 22.9. The zero-order valence-corrected chi connectivity index (χ0v) is 18.4. The second kappa shape index (κ2) is 11.0. The molecule has 1 N–H and O–H groups in total. The molecular weight excluding hydrogens is 411 g/mol. The lowest BCUT2D eigenvalue weighted by atomic mass is 9.95. The molecule has 154 valence electrons.